The van der Waals surface area contributed by atoms with Gasteiger partial charge in [0.15, 0.2) is 11.6 Å². The standard InChI is InChI=1S/C23H23F3N4/c24-15-5-8-18(25)17(13-15)21(26)14-9-11-30(12-10-14)23-22(27-16-6-7-16)28-19-3-1-2-4-20(19)29-23/h1-5,8,13-14,16,21H,6-7,9-12H2,(H,27,28). The van der Waals surface area contributed by atoms with Crippen molar-refractivity contribution in [2.45, 2.75) is 37.9 Å². The first-order valence-corrected chi connectivity index (χ1v) is 10.5. The van der Waals surface area contributed by atoms with Crippen LogP contribution in [0.3, 0.4) is 0 Å². The summed E-state index contributed by atoms with van der Waals surface area (Å²) in [5.74, 6) is -0.115. The van der Waals surface area contributed by atoms with Gasteiger partial charge in [0.05, 0.1) is 11.0 Å². The van der Waals surface area contributed by atoms with Crippen LogP contribution < -0.4 is 10.2 Å². The topological polar surface area (TPSA) is 41.1 Å². The second-order valence-corrected chi connectivity index (χ2v) is 8.20. The van der Waals surface area contributed by atoms with Gasteiger partial charge < -0.3 is 10.2 Å². The van der Waals surface area contributed by atoms with E-state index in [4.69, 9.17) is 9.97 Å². The van der Waals surface area contributed by atoms with Crippen LogP contribution in [0.1, 0.15) is 37.4 Å². The van der Waals surface area contributed by atoms with Gasteiger partial charge in [-0.05, 0) is 61.9 Å². The molecule has 0 amide bonds. The normalized spacial score (nSPS) is 18.6. The predicted molar refractivity (Wildman–Crippen MR) is 111 cm³/mol. The molecule has 0 spiro atoms. The number of aromatic nitrogens is 2. The number of benzene rings is 2. The van der Waals surface area contributed by atoms with Gasteiger partial charge in [-0.15, -0.1) is 0 Å². The summed E-state index contributed by atoms with van der Waals surface area (Å²) < 4.78 is 42.5. The van der Waals surface area contributed by atoms with Crippen molar-refractivity contribution in [1.29, 1.82) is 0 Å². The second-order valence-electron chi connectivity index (χ2n) is 8.20. The molecule has 1 saturated carbocycles. The maximum absolute atomic E-state index is 15.0. The zero-order chi connectivity index (χ0) is 20.7. The molecule has 1 aromatic heterocycles. The molecule has 156 valence electrons. The van der Waals surface area contributed by atoms with Crippen LogP contribution in [0.2, 0.25) is 0 Å². The van der Waals surface area contributed by atoms with E-state index in [1.807, 2.05) is 24.3 Å². The highest BCUT2D eigenvalue weighted by Gasteiger charge is 2.32. The molecular weight excluding hydrogens is 389 g/mol. The van der Waals surface area contributed by atoms with Crippen molar-refractivity contribution in [1.82, 2.24) is 9.97 Å². The van der Waals surface area contributed by atoms with Crippen molar-refractivity contribution in [3.63, 3.8) is 0 Å². The number of hydrogen-bond donors (Lipinski definition) is 1. The average molecular weight is 412 g/mol. The summed E-state index contributed by atoms with van der Waals surface area (Å²) in [6.45, 7) is 1.18. The number of nitrogens with zero attached hydrogens (tertiary/aromatic N) is 3. The van der Waals surface area contributed by atoms with Gasteiger partial charge >= 0.3 is 0 Å². The molecule has 2 aliphatic rings. The van der Waals surface area contributed by atoms with Crippen LogP contribution in [0.25, 0.3) is 11.0 Å². The first-order valence-electron chi connectivity index (χ1n) is 10.5. The second kappa shape index (κ2) is 7.78. The molecule has 0 bridgehead atoms. The fourth-order valence-corrected chi connectivity index (χ4v) is 4.11. The Bertz CT molecular complexity index is 1060. The van der Waals surface area contributed by atoms with E-state index in [9.17, 15) is 13.2 Å². The smallest absolute Gasteiger partial charge is 0.172 e. The summed E-state index contributed by atoms with van der Waals surface area (Å²) in [6.07, 6.45) is 1.80. The van der Waals surface area contributed by atoms with Gasteiger partial charge in [-0.3, -0.25) is 0 Å². The number of hydrogen-bond acceptors (Lipinski definition) is 4. The minimum atomic E-state index is -1.52. The molecule has 7 heteroatoms. The number of rotatable bonds is 5. The molecule has 5 rings (SSSR count). The minimum absolute atomic E-state index is 0.185. The third-order valence-corrected chi connectivity index (χ3v) is 5.98. The Morgan fingerprint density at radius 1 is 0.933 bits per heavy atom. The fourth-order valence-electron chi connectivity index (χ4n) is 4.11. The van der Waals surface area contributed by atoms with Crippen LogP contribution in [-0.4, -0.2) is 29.1 Å². The van der Waals surface area contributed by atoms with Gasteiger partial charge in [0.2, 0.25) is 0 Å². The summed E-state index contributed by atoms with van der Waals surface area (Å²) >= 11 is 0. The number of halogens is 3. The van der Waals surface area contributed by atoms with Crippen molar-refractivity contribution < 1.29 is 13.2 Å². The Hall–Kier alpha value is -2.83. The quantitative estimate of drug-likeness (QED) is 0.608. The lowest BCUT2D eigenvalue weighted by Crippen LogP contribution is -2.36. The van der Waals surface area contributed by atoms with Gasteiger partial charge in [-0.2, -0.15) is 0 Å². The van der Waals surface area contributed by atoms with E-state index in [0.717, 1.165) is 53.7 Å². The van der Waals surface area contributed by atoms with E-state index < -0.39 is 17.8 Å². The largest absolute Gasteiger partial charge is 0.364 e. The van der Waals surface area contributed by atoms with Crippen LogP contribution >= 0.6 is 0 Å². The molecule has 30 heavy (non-hydrogen) atoms. The van der Waals surface area contributed by atoms with Crippen LogP contribution in [0.5, 0.6) is 0 Å². The molecule has 1 unspecified atom stereocenters. The first-order chi connectivity index (χ1) is 14.6. The number of para-hydroxylation sites is 2. The Morgan fingerprint density at radius 2 is 1.63 bits per heavy atom. The maximum atomic E-state index is 15.0. The lowest BCUT2D eigenvalue weighted by atomic mass is 9.88. The van der Waals surface area contributed by atoms with Gasteiger partial charge in [0, 0.05) is 24.7 Å². The van der Waals surface area contributed by atoms with Crippen molar-refractivity contribution in [3.8, 4) is 0 Å². The summed E-state index contributed by atoms with van der Waals surface area (Å²) in [7, 11) is 0. The number of fused-ring (bicyclic) bond motifs is 1. The lowest BCUT2D eigenvalue weighted by molar-refractivity contribution is 0.193. The van der Waals surface area contributed by atoms with Gasteiger partial charge in [0.25, 0.3) is 0 Å². The molecule has 0 radical (unpaired) electrons. The molecule has 1 atom stereocenters. The predicted octanol–water partition coefficient (Wildman–Crippen LogP) is 5.41. The number of nitrogens with one attached hydrogen (secondary N) is 1. The van der Waals surface area contributed by atoms with Crippen LogP contribution in [0.15, 0.2) is 42.5 Å². The molecule has 1 aliphatic carbocycles. The average Bonchev–Trinajstić information content (AvgIpc) is 3.59. The summed E-state index contributed by atoms with van der Waals surface area (Å²) in [4.78, 5) is 11.7. The summed E-state index contributed by atoms with van der Waals surface area (Å²) in [6, 6.07) is 11.2. The lowest BCUT2D eigenvalue weighted by Gasteiger charge is -2.35. The Kier molecular flexibility index (Phi) is 4.97. The minimum Gasteiger partial charge on any atom is -0.364 e. The molecule has 4 nitrogen and oxygen atoms in total. The van der Waals surface area contributed by atoms with Crippen molar-refractivity contribution in [2.24, 2.45) is 5.92 Å². The Labute approximate surface area is 173 Å². The number of piperidine rings is 1. The molecular formula is C23H23F3N4. The highest BCUT2D eigenvalue weighted by molar-refractivity contribution is 5.80. The molecule has 2 fully saturated rings. The molecule has 1 N–H and O–H groups in total. The van der Waals surface area contributed by atoms with E-state index in [1.165, 1.54) is 0 Å². The van der Waals surface area contributed by atoms with E-state index in [-0.39, 0.29) is 11.5 Å². The highest BCUT2D eigenvalue weighted by atomic mass is 19.1. The van der Waals surface area contributed by atoms with Gasteiger partial charge in [-0.1, -0.05) is 12.1 Å². The SMILES string of the molecule is Fc1ccc(F)c(C(F)C2CCN(c3nc4ccccc4nc3NC3CC3)CC2)c1. The van der Waals surface area contributed by atoms with Crippen LogP contribution in [-0.2, 0) is 0 Å². The third kappa shape index (κ3) is 3.80. The van der Waals surface area contributed by atoms with Gasteiger partial charge in [-0.25, -0.2) is 23.1 Å². The molecule has 2 heterocycles. The number of alkyl halides is 1. The highest BCUT2D eigenvalue weighted by Crippen LogP contribution is 2.38. The monoisotopic (exact) mass is 412 g/mol. The molecule has 2 aromatic carbocycles. The fraction of sp³-hybridized carbons (Fsp3) is 0.391. The van der Waals surface area contributed by atoms with E-state index in [0.29, 0.717) is 32.0 Å². The first kappa shape index (κ1) is 19.2. The van der Waals surface area contributed by atoms with Gasteiger partial charge in [0.1, 0.15) is 17.8 Å². The third-order valence-electron chi connectivity index (χ3n) is 5.98. The molecule has 3 aromatic rings. The van der Waals surface area contributed by atoms with E-state index in [1.54, 1.807) is 0 Å². The van der Waals surface area contributed by atoms with Crippen LogP contribution in [0.4, 0.5) is 24.8 Å². The van der Waals surface area contributed by atoms with Crippen LogP contribution in [0, 0.1) is 17.6 Å². The zero-order valence-electron chi connectivity index (χ0n) is 16.5. The summed E-state index contributed by atoms with van der Waals surface area (Å²) in [5, 5.41) is 3.47. The Balaban J connectivity index is 1.36. The van der Waals surface area contributed by atoms with E-state index >= 15 is 0 Å². The number of anilines is 2. The molecule has 1 aliphatic heterocycles. The zero-order valence-corrected chi connectivity index (χ0v) is 16.5. The van der Waals surface area contributed by atoms with E-state index in [2.05, 4.69) is 10.2 Å². The van der Waals surface area contributed by atoms with Crippen molar-refractivity contribution in [2.75, 3.05) is 23.3 Å². The summed E-state index contributed by atoms with van der Waals surface area (Å²) in [5.41, 5.74) is 1.47. The van der Waals surface area contributed by atoms with Crippen molar-refractivity contribution >= 4 is 22.7 Å². The maximum Gasteiger partial charge on any atom is 0.172 e. The van der Waals surface area contributed by atoms with Crippen molar-refractivity contribution in [3.05, 3.63) is 59.7 Å². The molecule has 1 saturated heterocycles. The Morgan fingerprint density at radius 3 is 2.33 bits per heavy atom.